The van der Waals surface area contributed by atoms with E-state index in [0.29, 0.717) is 26.3 Å². The lowest BCUT2D eigenvalue weighted by molar-refractivity contribution is -0.125. The molecule has 20 heavy (non-hydrogen) atoms. The molecule has 7 nitrogen and oxygen atoms in total. The largest absolute Gasteiger partial charge is 0.383 e. The van der Waals surface area contributed by atoms with E-state index in [0.717, 1.165) is 12.1 Å². The van der Waals surface area contributed by atoms with Gasteiger partial charge < -0.3 is 19.5 Å². The van der Waals surface area contributed by atoms with Crippen molar-refractivity contribution in [2.45, 2.75) is 19.1 Å². The lowest BCUT2D eigenvalue weighted by Gasteiger charge is -2.22. The van der Waals surface area contributed by atoms with Crippen molar-refractivity contribution in [1.82, 2.24) is 15.1 Å². The number of nitrogens with one attached hydrogen (secondary N) is 1. The Morgan fingerprint density at radius 2 is 2.40 bits per heavy atom. The fraction of sp³-hybridized carbons (Fsp3) is 0.692. The van der Waals surface area contributed by atoms with Gasteiger partial charge in [-0.3, -0.25) is 9.48 Å². The van der Waals surface area contributed by atoms with Crippen molar-refractivity contribution in [2.24, 2.45) is 0 Å². The standard InChI is InChI=1S/C13H21N3O4/c1-18-6-4-16-8-10-3-5-20-11(13(10)15-16)7-14-12(17)9-19-2/h8,11H,3-7,9H2,1-2H3,(H,14,17). The molecule has 112 valence electrons. The smallest absolute Gasteiger partial charge is 0.246 e. The summed E-state index contributed by atoms with van der Waals surface area (Å²) in [6, 6.07) is 0. The Labute approximate surface area is 118 Å². The third-order valence-electron chi connectivity index (χ3n) is 3.15. The Morgan fingerprint density at radius 1 is 1.55 bits per heavy atom. The molecule has 1 aromatic heterocycles. The van der Waals surface area contributed by atoms with Crippen LogP contribution in [0.5, 0.6) is 0 Å². The van der Waals surface area contributed by atoms with Crippen molar-refractivity contribution in [1.29, 1.82) is 0 Å². The summed E-state index contributed by atoms with van der Waals surface area (Å²) >= 11 is 0. The van der Waals surface area contributed by atoms with Crippen molar-refractivity contribution in [2.75, 3.05) is 40.6 Å². The minimum absolute atomic E-state index is 0.0574. The predicted molar refractivity (Wildman–Crippen MR) is 71.4 cm³/mol. The molecule has 0 spiro atoms. The Balaban J connectivity index is 1.96. The van der Waals surface area contributed by atoms with E-state index in [1.54, 1.807) is 7.11 Å². The number of amides is 1. The first-order chi connectivity index (χ1) is 9.74. The fourth-order valence-electron chi connectivity index (χ4n) is 2.17. The van der Waals surface area contributed by atoms with Crippen LogP contribution in [-0.4, -0.2) is 56.3 Å². The molecule has 0 fully saturated rings. The van der Waals surface area contributed by atoms with Crippen LogP contribution in [0.3, 0.4) is 0 Å². The molecule has 0 aliphatic carbocycles. The molecule has 0 aromatic carbocycles. The molecule has 1 aliphatic heterocycles. The summed E-state index contributed by atoms with van der Waals surface area (Å²) < 4.78 is 17.4. The van der Waals surface area contributed by atoms with Crippen LogP contribution < -0.4 is 5.32 Å². The molecule has 1 atom stereocenters. The normalized spacial score (nSPS) is 17.8. The second kappa shape index (κ2) is 7.37. The van der Waals surface area contributed by atoms with Gasteiger partial charge in [0, 0.05) is 27.0 Å². The number of ether oxygens (including phenoxy) is 3. The van der Waals surface area contributed by atoms with E-state index in [4.69, 9.17) is 14.2 Å². The van der Waals surface area contributed by atoms with Gasteiger partial charge in [0.1, 0.15) is 12.7 Å². The molecule has 2 heterocycles. The van der Waals surface area contributed by atoms with Gasteiger partial charge >= 0.3 is 0 Å². The number of aromatic nitrogens is 2. The zero-order chi connectivity index (χ0) is 14.4. The van der Waals surface area contributed by atoms with Crippen molar-refractivity contribution in [3.63, 3.8) is 0 Å². The molecule has 1 unspecified atom stereocenters. The van der Waals surface area contributed by atoms with Gasteiger partial charge in [0.25, 0.3) is 0 Å². The molecule has 0 saturated carbocycles. The quantitative estimate of drug-likeness (QED) is 0.757. The van der Waals surface area contributed by atoms with Crippen molar-refractivity contribution >= 4 is 5.91 Å². The zero-order valence-corrected chi connectivity index (χ0v) is 11.9. The fourth-order valence-corrected chi connectivity index (χ4v) is 2.17. The molecule has 0 saturated heterocycles. The molecule has 7 heteroatoms. The monoisotopic (exact) mass is 283 g/mol. The highest BCUT2D eigenvalue weighted by Gasteiger charge is 2.25. The maximum atomic E-state index is 11.4. The number of hydrogen-bond donors (Lipinski definition) is 1. The van der Waals surface area contributed by atoms with E-state index in [-0.39, 0.29) is 18.6 Å². The third kappa shape index (κ3) is 3.78. The van der Waals surface area contributed by atoms with Crippen LogP contribution in [0, 0.1) is 0 Å². The Bertz CT molecular complexity index is 447. The summed E-state index contributed by atoms with van der Waals surface area (Å²) in [6.45, 7) is 2.45. The van der Waals surface area contributed by atoms with Crippen LogP contribution in [-0.2, 0) is 32.0 Å². The number of nitrogens with zero attached hydrogens (tertiary/aromatic N) is 2. The molecule has 1 amide bonds. The van der Waals surface area contributed by atoms with Crippen molar-refractivity contribution < 1.29 is 19.0 Å². The van der Waals surface area contributed by atoms with Gasteiger partial charge in [-0.25, -0.2) is 0 Å². The van der Waals surface area contributed by atoms with Crippen LogP contribution in [0.4, 0.5) is 0 Å². The lowest BCUT2D eigenvalue weighted by atomic mass is 10.1. The van der Waals surface area contributed by atoms with Gasteiger partial charge in [-0.2, -0.15) is 5.10 Å². The summed E-state index contributed by atoms with van der Waals surface area (Å²) in [5, 5.41) is 7.31. The summed E-state index contributed by atoms with van der Waals surface area (Å²) in [5.74, 6) is -0.151. The average Bonchev–Trinajstić information content (AvgIpc) is 2.86. The number of carbonyl (C=O) groups excluding carboxylic acids is 1. The third-order valence-corrected chi connectivity index (χ3v) is 3.15. The molecule has 2 rings (SSSR count). The zero-order valence-electron chi connectivity index (χ0n) is 11.9. The van der Waals surface area contributed by atoms with Crippen LogP contribution >= 0.6 is 0 Å². The summed E-state index contributed by atoms with van der Waals surface area (Å²) in [7, 11) is 3.16. The van der Waals surface area contributed by atoms with Gasteiger partial charge in [-0.05, 0) is 12.0 Å². The average molecular weight is 283 g/mol. The number of fused-ring (bicyclic) bond motifs is 1. The van der Waals surface area contributed by atoms with E-state index in [1.807, 2.05) is 10.9 Å². The maximum absolute atomic E-state index is 11.4. The number of carbonyl (C=O) groups is 1. The van der Waals surface area contributed by atoms with Crippen LogP contribution in [0.1, 0.15) is 17.4 Å². The van der Waals surface area contributed by atoms with Gasteiger partial charge in [0.15, 0.2) is 0 Å². The Morgan fingerprint density at radius 3 is 3.15 bits per heavy atom. The highest BCUT2D eigenvalue weighted by atomic mass is 16.5. The predicted octanol–water partition coefficient (Wildman–Crippen LogP) is -0.0941. The molecular formula is C13H21N3O4. The van der Waals surface area contributed by atoms with E-state index in [2.05, 4.69) is 10.4 Å². The number of methoxy groups -OCH3 is 2. The van der Waals surface area contributed by atoms with E-state index in [9.17, 15) is 4.79 Å². The second-order valence-electron chi connectivity index (χ2n) is 4.64. The van der Waals surface area contributed by atoms with E-state index < -0.39 is 0 Å². The highest BCUT2D eigenvalue weighted by molar-refractivity contribution is 5.77. The van der Waals surface area contributed by atoms with Gasteiger partial charge in [0.05, 0.1) is 25.5 Å². The molecule has 1 aromatic rings. The summed E-state index contributed by atoms with van der Waals surface area (Å²) in [4.78, 5) is 11.4. The van der Waals surface area contributed by atoms with Crippen LogP contribution in [0.15, 0.2) is 6.20 Å². The number of rotatable bonds is 7. The summed E-state index contributed by atoms with van der Waals surface area (Å²) in [6.07, 6.45) is 2.69. The maximum Gasteiger partial charge on any atom is 0.246 e. The lowest BCUT2D eigenvalue weighted by Crippen LogP contribution is -2.33. The van der Waals surface area contributed by atoms with Crippen molar-refractivity contribution in [3.05, 3.63) is 17.5 Å². The molecule has 1 aliphatic rings. The minimum atomic E-state index is -0.191. The second-order valence-corrected chi connectivity index (χ2v) is 4.64. The molecule has 0 radical (unpaired) electrons. The minimum Gasteiger partial charge on any atom is -0.383 e. The van der Waals surface area contributed by atoms with Gasteiger partial charge in [-0.15, -0.1) is 0 Å². The first-order valence-electron chi connectivity index (χ1n) is 6.67. The number of hydrogen-bond acceptors (Lipinski definition) is 5. The van der Waals surface area contributed by atoms with Crippen LogP contribution in [0.2, 0.25) is 0 Å². The summed E-state index contributed by atoms with van der Waals surface area (Å²) in [5.41, 5.74) is 2.09. The molecular weight excluding hydrogens is 262 g/mol. The van der Waals surface area contributed by atoms with E-state index in [1.165, 1.54) is 12.7 Å². The molecule has 1 N–H and O–H groups in total. The van der Waals surface area contributed by atoms with Gasteiger partial charge in [0.2, 0.25) is 5.91 Å². The first-order valence-corrected chi connectivity index (χ1v) is 6.67. The molecule has 0 bridgehead atoms. The van der Waals surface area contributed by atoms with Crippen molar-refractivity contribution in [3.8, 4) is 0 Å². The Kier molecular flexibility index (Phi) is 5.51. The Hall–Kier alpha value is -1.44. The SMILES string of the molecule is COCCn1cc2c(n1)C(CNC(=O)COC)OCC2. The van der Waals surface area contributed by atoms with Gasteiger partial charge in [-0.1, -0.05) is 0 Å². The first kappa shape index (κ1) is 15.0. The van der Waals surface area contributed by atoms with E-state index >= 15 is 0 Å². The topological polar surface area (TPSA) is 74.6 Å². The highest BCUT2D eigenvalue weighted by Crippen LogP contribution is 2.25. The van der Waals surface area contributed by atoms with Crippen LogP contribution in [0.25, 0.3) is 0 Å².